The van der Waals surface area contributed by atoms with Crippen LogP contribution in [0.5, 0.6) is 11.5 Å². The number of carbonyl (C=O) groups is 1. The molecular weight excluding hydrogens is 321 g/mol. The van der Waals surface area contributed by atoms with Crippen LogP contribution in [0.3, 0.4) is 0 Å². The lowest BCUT2D eigenvalue weighted by Crippen LogP contribution is -2.41. The van der Waals surface area contributed by atoms with Crippen LogP contribution in [0, 0.1) is 5.82 Å². The number of fused-ring (bicyclic) bond motifs is 1. The summed E-state index contributed by atoms with van der Waals surface area (Å²) in [5.74, 6) is 0.529. The molecule has 1 N–H and O–H groups in total. The van der Waals surface area contributed by atoms with Gasteiger partial charge in [0.05, 0.1) is 13.0 Å². The number of benzene rings is 2. The van der Waals surface area contributed by atoms with Crippen molar-refractivity contribution in [1.29, 1.82) is 0 Å². The molecule has 0 spiro atoms. The Morgan fingerprint density at radius 3 is 2.78 bits per heavy atom. The first-order valence-corrected chi connectivity index (χ1v) is 7.59. The number of halogens is 2. The molecular formula is C17H15ClFNO3. The van der Waals surface area contributed by atoms with Crippen molar-refractivity contribution >= 4 is 17.5 Å². The zero-order valence-corrected chi connectivity index (χ0v) is 13.0. The summed E-state index contributed by atoms with van der Waals surface area (Å²) >= 11 is 5.91. The molecule has 1 amide bonds. The van der Waals surface area contributed by atoms with Gasteiger partial charge in [-0.2, -0.15) is 0 Å². The summed E-state index contributed by atoms with van der Waals surface area (Å²) in [6.07, 6.45) is -0.402. The van der Waals surface area contributed by atoms with E-state index in [1.807, 2.05) is 24.3 Å². The van der Waals surface area contributed by atoms with Crippen molar-refractivity contribution in [3.63, 3.8) is 0 Å². The van der Waals surface area contributed by atoms with Crippen LogP contribution in [-0.4, -0.2) is 25.2 Å². The Kier molecular flexibility index (Phi) is 4.67. The van der Waals surface area contributed by atoms with Crippen molar-refractivity contribution in [2.75, 3.05) is 13.2 Å². The highest BCUT2D eigenvalue weighted by atomic mass is 35.5. The van der Waals surface area contributed by atoms with Crippen LogP contribution in [0.1, 0.15) is 5.56 Å². The van der Waals surface area contributed by atoms with E-state index in [0.717, 1.165) is 0 Å². The molecule has 3 rings (SSSR count). The molecule has 1 aliphatic rings. The molecule has 0 unspecified atom stereocenters. The van der Waals surface area contributed by atoms with Crippen molar-refractivity contribution < 1.29 is 18.7 Å². The Morgan fingerprint density at radius 2 is 2.00 bits per heavy atom. The maximum atomic E-state index is 13.7. The number of para-hydroxylation sites is 2. The van der Waals surface area contributed by atoms with Gasteiger partial charge < -0.3 is 14.8 Å². The molecule has 0 aromatic heterocycles. The fourth-order valence-electron chi connectivity index (χ4n) is 2.32. The highest BCUT2D eigenvalue weighted by molar-refractivity contribution is 6.31. The third-order valence-electron chi connectivity index (χ3n) is 3.49. The van der Waals surface area contributed by atoms with Gasteiger partial charge in [0.15, 0.2) is 11.5 Å². The summed E-state index contributed by atoms with van der Waals surface area (Å²) in [4.78, 5) is 12.0. The predicted octanol–water partition coefficient (Wildman–Crippen LogP) is 2.98. The van der Waals surface area contributed by atoms with Gasteiger partial charge in [-0.25, -0.2) is 4.39 Å². The van der Waals surface area contributed by atoms with E-state index < -0.39 is 5.82 Å². The molecule has 120 valence electrons. The van der Waals surface area contributed by atoms with Gasteiger partial charge in [0.2, 0.25) is 5.91 Å². The normalized spacial score (nSPS) is 16.0. The smallest absolute Gasteiger partial charge is 0.224 e. The molecule has 4 nitrogen and oxygen atoms in total. The van der Waals surface area contributed by atoms with E-state index in [1.54, 1.807) is 6.07 Å². The molecule has 0 radical (unpaired) electrons. The minimum absolute atomic E-state index is 0.115. The van der Waals surface area contributed by atoms with Crippen LogP contribution >= 0.6 is 11.6 Å². The minimum Gasteiger partial charge on any atom is -0.486 e. The van der Waals surface area contributed by atoms with E-state index in [2.05, 4.69) is 5.32 Å². The number of rotatable bonds is 4. The summed E-state index contributed by atoms with van der Waals surface area (Å²) in [6.45, 7) is 0.622. The highest BCUT2D eigenvalue weighted by Gasteiger charge is 2.21. The molecule has 23 heavy (non-hydrogen) atoms. The van der Waals surface area contributed by atoms with Crippen molar-refractivity contribution in [1.82, 2.24) is 5.32 Å². The first kappa shape index (κ1) is 15.6. The van der Waals surface area contributed by atoms with E-state index in [1.165, 1.54) is 12.1 Å². The van der Waals surface area contributed by atoms with Crippen molar-refractivity contribution in [3.8, 4) is 11.5 Å². The van der Waals surface area contributed by atoms with Gasteiger partial charge in [0.1, 0.15) is 18.5 Å². The quantitative estimate of drug-likeness (QED) is 0.934. The molecule has 0 bridgehead atoms. The van der Waals surface area contributed by atoms with E-state index in [0.29, 0.717) is 18.1 Å². The largest absolute Gasteiger partial charge is 0.486 e. The molecule has 0 saturated carbocycles. The maximum Gasteiger partial charge on any atom is 0.224 e. The van der Waals surface area contributed by atoms with Crippen molar-refractivity contribution in [3.05, 3.63) is 58.9 Å². The van der Waals surface area contributed by atoms with Crippen LogP contribution in [0.15, 0.2) is 42.5 Å². The number of amides is 1. The second-order valence-electron chi connectivity index (χ2n) is 5.18. The van der Waals surface area contributed by atoms with Crippen molar-refractivity contribution in [2.45, 2.75) is 12.5 Å². The molecule has 6 heteroatoms. The van der Waals surface area contributed by atoms with Gasteiger partial charge in [0, 0.05) is 10.6 Å². The van der Waals surface area contributed by atoms with Crippen molar-refractivity contribution in [2.24, 2.45) is 0 Å². The van der Waals surface area contributed by atoms with Gasteiger partial charge >= 0.3 is 0 Å². The predicted molar refractivity (Wildman–Crippen MR) is 84.5 cm³/mol. The molecule has 1 atom stereocenters. The van der Waals surface area contributed by atoms with Crippen LogP contribution in [0.2, 0.25) is 5.02 Å². The van der Waals surface area contributed by atoms with E-state index in [-0.39, 0.29) is 35.6 Å². The lowest BCUT2D eigenvalue weighted by molar-refractivity contribution is -0.121. The fourth-order valence-corrected chi connectivity index (χ4v) is 2.55. The Bertz CT molecular complexity index is 702. The SMILES string of the molecule is O=C(Cc1c(F)cccc1Cl)NC[C@H]1COc2ccccc2O1. The van der Waals surface area contributed by atoms with Crippen LogP contribution in [0.25, 0.3) is 0 Å². The Morgan fingerprint density at radius 1 is 1.22 bits per heavy atom. The molecule has 0 fully saturated rings. The first-order chi connectivity index (χ1) is 11.1. The fraction of sp³-hybridized carbons (Fsp3) is 0.235. The number of ether oxygens (including phenoxy) is 2. The summed E-state index contributed by atoms with van der Waals surface area (Å²) in [7, 11) is 0. The second kappa shape index (κ2) is 6.87. The number of hydrogen-bond acceptors (Lipinski definition) is 3. The molecule has 2 aromatic rings. The van der Waals surface area contributed by atoms with Crippen LogP contribution < -0.4 is 14.8 Å². The Balaban J connectivity index is 1.54. The molecule has 2 aromatic carbocycles. The monoisotopic (exact) mass is 335 g/mol. The molecule has 1 aliphatic heterocycles. The number of hydrogen-bond donors (Lipinski definition) is 1. The second-order valence-corrected chi connectivity index (χ2v) is 5.59. The van der Waals surface area contributed by atoms with E-state index in [9.17, 15) is 9.18 Å². The minimum atomic E-state index is -0.487. The molecule has 0 saturated heterocycles. The first-order valence-electron chi connectivity index (χ1n) is 7.21. The van der Waals surface area contributed by atoms with Gasteiger partial charge in [-0.15, -0.1) is 0 Å². The Labute approximate surface area is 138 Å². The molecule has 0 aliphatic carbocycles. The number of carbonyl (C=O) groups excluding carboxylic acids is 1. The zero-order chi connectivity index (χ0) is 16.2. The third-order valence-corrected chi connectivity index (χ3v) is 3.85. The summed E-state index contributed by atoms with van der Waals surface area (Å²) < 4.78 is 25.0. The average molecular weight is 336 g/mol. The summed E-state index contributed by atoms with van der Waals surface area (Å²) in [5, 5.41) is 2.96. The van der Waals surface area contributed by atoms with Crippen LogP contribution in [0.4, 0.5) is 4.39 Å². The zero-order valence-electron chi connectivity index (χ0n) is 12.2. The molecule has 1 heterocycles. The van der Waals surface area contributed by atoms with Gasteiger partial charge in [0.25, 0.3) is 0 Å². The maximum absolute atomic E-state index is 13.7. The van der Waals surface area contributed by atoms with Gasteiger partial charge in [-0.05, 0) is 24.3 Å². The van der Waals surface area contributed by atoms with Crippen LogP contribution in [-0.2, 0) is 11.2 Å². The van der Waals surface area contributed by atoms with E-state index >= 15 is 0 Å². The van der Waals surface area contributed by atoms with Gasteiger partial charge in [-0.1, -0.05) is 29.8 Å². The average Bonchev–Trinajstić information content (AvgIpc) is 2.56. The Hall–Kier alpha value is -2.27. The highest BCUT2D eigenvalue weighted by Crippen LogP contribution is 2.30. The van der Waals surface area contributed by atoms with E-state index in [4.69, 9.17) is 21.1 Å². The lowest BCUT2D eigenvalue weighted by Gasteiger charge is -2.26. The summed E-state index contributed by atoms with van der Waals surface area (Å²) in [5.41, 5.74) is 0.192. The summed E-state index contributed by atoms with van der Waals surface area (Å²) in [6, 6.07) is 11.7. The topological polar surface area (TPSA) is 47.6 Å². The third kappa shape index (κ3) is 3.74. The standard InChI is InChI=1S/C17H15ClFNO3/c18-13-4-3-5-14(19)12(13)8-17(21)20-9-11-10-22-15-6-1-2-7-16(15)23-11/h1-7,11H,8-10H2,(H,20,21)/t11-/m0/s1. The van der Waals surface area contributed by atoms with Gasteiger partial charge in [-0.3, -0.25) is 4.79 Å². The number of nitrogens with one attached hydrogen (secondary N) is 1. The lowest BCUT2D eigenvalue weighted by atomic mass is 10.1.